The number of nitrogens with one attached hydrogen (secondary N) is 1. The Morgan fingerprint density at radius 1 is 1.28 bits per heavy atom. The van der Waals surface area contributed by atoms with Crippen LogP contribution in [-0.4, -0.2) is 23.4 Å². The quantitative estimate of drug-likeness (QED) is 0.873. The molecule has 2 rings (SSSR count). The molecule has 96 valence electrons. The van der Waals surface area contributed by atoms with Crippen LogP contribution in [0.3, 0.4) is 0 Å². The highest BCUT2D eigenvalue weighted by molar-refractivity contribution is 5.26. The van der Waals surface area contributed by atoms with Gasteiger partial charge in [-0.15, -0.1) is 0 Å². The van der Waals surface area contributed by atoms with Crippen LogP contribution < -0.4 is 5.32 Å². The Bertz CT molecular complexity index is 485. The van der Waals surface area contributed by atoms with Crippen molar-refractivity contribution in [3.05, 3.63) is 53.3 Å². The monoisotopic (exact) mass is 243 g/mol. The van der Waals surface area contributed by atoms with Gasteiger partial charge >= 0.3 is 0 Å². The minimum absolute atomic E-state index is 0.500. The van der Waals surface area contributed by atoms with Gasteiger partial charge in [-0.05, 0) is 31.5 Å². The van der Waals surface area contributed by atoms with Crippen molar-refractivity contribution in [2.24, 2.45) is 7.05 Å². The Morgan fingerprint density at radius 3 is 2.56 bits per heavy atom. The van der Waals surface area contributed by atoms with Crippen molar-refractivity contribution in [2.75, 3.05) is 13.6 Å². The van der Waals surface area contributed by atoms with E-state index in [9.17, 15) is 0 Å². The highest BCUT2D eigenvalue weighted by Gasteiger charge is 2.12. The maximum absolute atomic E-state index is 4.23. The molecule has 0 aliphatic heterocycles. The predicted molar refractivity (Wildman–Crippen MR) is 74.8 cm³/mol. The topological polar surface area (TPSA) is 29.9 Å². The van der Waals surface area contributed by atoms with Crippen LogP contribution in [0.4, 0.5) is 0 Å². The first-order chi connectivity index (χ1) is 8.69. The van der Waals surface area contributed by atoms with Crippen LogP contribution >= 0.6 is 0 Å². The van der Waals surface area contributed by atoms with Crippen molar-refractivity contribution < 1.29 is 0 Å². The van der Waals surface area contributed by atoms with E-state index >= 15 is 0 Å². The van der Waals surface area contributed by atoms with E-state index in [1.165, 1.54) is 16.7 Å². The zero-order chi connectivity index (χ0) is 13.0. The molecule has 0 fully saturated rings. The molecule has 2 aromatic rings. The van der Waals surface area contributed by atoms with Crippen LogP contribution in [0.1, 0.15) is 22.6 Å². The molecule has 18 heavy (non-hydrogen) atoms. The summed E-state index contributed by atoms with van der Waals surface area (Å²) in [5, 5.41) is 7.51. The maximum Gasteiger partial charge on any atom is 0.0521 e. The first-order valence-electron chi connectivity index (χ1n) is 6.37. The van der Waals surface area contributed by atoms with Gasteiger partial charge in [-0.3, -0.25) is 4.68 Å². The van der Waals surface area contributed by atoms with E-state index in [1.54, 1.807) is 0 Å². The van der Waals surface area contributed by atoms with Crippen LogP contribution in [-0.2, 0) is 13.5 Å². The highest BCUT2D eigenvalue weighted by atomic mass is 15.2. The summed E-state index contributed by atoms with van der Waals surface area (Å²) in [5.41, 5.74) is 3.99. The lowest BCUT2D eigenvalue weighted by Gasteiger charge is -2.16. The van der Waals surface area contributed by atoms with Crippen LogP contribution in [0.5, 0.6) is 0 Å². The molecule has 0 radical (unpaired) electrons. The zero-order valence-electron chi connectivity index (χ0n) is 11.4. The largest absolute Gasteiger partial charge is 0.319 e. The second-order valence-electron chi connectivity index (χ2n) is 4.89. The fourth-order valence-electron chi connectivity index (χ4n) is 2.25. The molecule has 1 atom stereocenters. The summed E-state index contributed by atoms with van der Waals surface area (Å²) >= 11 is 0. The fraction of sp³-hybridized carbons (Fsp3) is 0.400. The highest BCUT2D eigenvalue weighted by Crippen LogP contribution is 2.20. The van der Waals surface area contributed by atoms with E-state index in [1.807, 2.05) is 25.0 Å². The third-order valence-electron chi connectivity index (χ3n) is 3.24. The number of hydrogen-bond acceptors (Lipinski definition) is 2. The van der Waals surface area contributed by atoms with E-state index in [0.29, 0.717) is 5.92 Å². The first-order valence-corrected chi connectivity index (χ1v) is 6.37. The second kappa shape index (κ2) is 5.83. The molecule has 3 nitrogen and oxygen atoms in total. The summed E-state index contributed by atoms with van der Waals surface area (Å²) in [5.74, 6) is 0.500. The molecule has 1 heterocycles. The van der Waals surface area contributed by atoms with Gasteiger partial charge in [-0.25, -0.2) is 0 Å². The molecule has 0 saturated carbocycles. The SMILES string of the molecule is CNCC(Cc1cnn(C)c1)c1ccc(C)cc1. The minimum Gasteiger partial charge on any atom is -0.319 e. The molecule has 3 heteroatoms. The smallest absolute Gasteiger partial charge is 0.0521 e. The molecule has 0 bridgehead atoms. The van der Waals surface area contributed by atoms with Crippen molar-refractivity contribution in [1.29, 1.82) is 0 Å². The van der Waals surface area contributed by atoms with Crippen LogP contribution in [0.2, 0.25) is 0 Å². The summed E-state index contributed by atoms with van der Waals surface area (Å²) in [6.07, 6.45) is 5.07. The molecule has 0 aliphatic rings. The average Bonchev–Trinajstić information content (AvgIpc) is 2.75. The van der Waals surface area contributed by atoms with E-state index in [2.05, 4.69) is 47.8 Å². The lowest BCUT2D eigenvalue weighted by atomic mass is 9.92. The summed E-state index contributed by atoms with van der Waals surface area (Å²) in [4.78, 5) is 0. The summed E-state index contributed by atoms with van der Waals surface area (Å²) in [6.45, 7) is 3.11. The number of hydrogen-bond donors (Lipinski definition) is 1. The number of rotatable bonds is 5. The van der Waals surface area contributed by atoms with Crippen molar-refractivity contribution in [2.45, 2.75) is 19.3 Å². The van der Waals surface area contributed by atoms with E-state index < -0.39 is 0 Å². The molecule has 0 spiro atoms. The first kappa shape index (κ1) is 12.8. The van der Waals surface area contributed by atoms with Crippen molar-refractivity contribution in [3.63, 3.8) is 0 Å². The van der Waals surface area contributed by atoms with Gasteiger partial charge in [0.05, 0.1) is 6.20 Å². The summed E-state index contributed by atoms with van der Waals surface area (Å²) < 4.78 is 1.86. The molecular formula is C15H21N3. The van der Waals surface area contributed by atoms with Gasteiger partial charge < -0.3 is 5.32 Å². The van der Waals surface area contributed by atoms with E-state index in [0.717, 1.165) is 13.0 Å². The Labute approximate surface area is 109 Å². The van der Waals surface area contributed by atoms with Crippen molar-refractivity contribution >= 4 is 0 Å². The number of benzene rings is 1. The van der Waals surface area contributed by atoms with Gasteiger partial charge in [-0.2, -0.15) is 5.10 Å². The normalized spacial score (nSPS) is 12.6. The molecule has 1 unspecified atom stereocenters. The van der Waals surface area contributed by atoms with Gasteiger partial charge in [0.15, 0.2) is 0 Å². The predicted octanol–water partition coefficient (Wildman–Crippen LogP) is 2.27. The zero-order valence-corrected chi connectivity index (χ0v) is 11.4. The van der Waals surface area contributed by atoms with Crippen molar-refractivity contribution in [3.8, 4) is 0 Å². The third kappa shape index (κ3) is 3.20. The molecule has 1 N–H and O–H groups in total. The summed E-state index contributed by atoms with van der Waals surface area (Å²) in [6, 6.07) is 8.82. The van der Waals surface area contributed by atoms with Gasteiger partial charge in [0.25, 0.3) is 0 Å². The van der Waals surface area contributed by atoms with E-state index in [4.69, 9.17) is 0 Å². The Morgan fingerprint density at radius 2 is 2.00 bits per heavy atom. The average molecular weight is 243 g/mol. The minimum atomic E-state index is 0.500. The maximum atomic E-state index is 4.23. The standard InChI is InChI=1S/C15H21N3/c1-12-4-6-14(7-5-12)15(10-16-2)8-13-9-17-18(3)11-13/h4-7,9,11,15-16H,8,10H2,1-3H3. The lowest BCUT2D eigenvalue weighted by Crippen LogP contribution is -2.19. The summed E-state index contributed by atoms with van der Waals surface area (Å²) in [7, 11) is 3.97. The van der Waals surface area contributed by atoms with Crippen LogP contribution in [0.15, 0.2) is 36.7 Å². The van der Waals surface area contributed by atoms with E-state index in [-0.39, 0.29) is 0 Å². The molecule has 1 aromatic carbocycles. The fourth-order valence-corrected chi connectivity index (χ4v) is 2.25. The number of aryl methyl sites for hydroxylation is 2. The third-order valence-corrected chi connectivity index (χ3v) is 3.24. The second-order valence-corrected chi connectivity index (χ2v) is 4.89. The number of aromatic nitrogens is 2. The van der Waals surface area contributed by atoms with Gasteiger partial charge in [0.2, 0.25) is 0 Å². The Hall–Kier alpha value is -1.61. The Balaban J connectivity index is 2.14. The lowest BCUT2D eigenvalue weighted by molar-refractivity contribution is 0.625. The molecule has 1 aromatic heterocycles. The van der Waals surface area contributed by atoms with Gasteiger partial charge in [-0.1, -0.05) is 29.8 Å². The van der Waals surface area contributed by atoms with Crippen LogP contribution in [0.25, 0.3) is 0 Å². The van der Waals surface area contributed by atoms with Gasteiger partial charge in [0.1, 0.15) is 0 Å². The van der Waals surface area contributed by atoms with Crippen molar-refractivity contribution in [1.82, 2.24) is 15.1 Å². The number of nitrogens with zero attached hydrogens (tertiary/aromatic N) is 2. The van der Waals surface area contributed by atoms with Crippen LogP contribution in [0, 0.1) is 6.92 Å². The Kier molecular flexibility index (Phi) is 4.15. The molecular weight excluding hydrogens is 222 g/mol. The molecule has 0 saturated heterocycles. The number of likely N-dealkylation sites (N-methyl/N-ethyl adjacent to an activating group) is 1. The van der Waals surface area contributed by atoms with Gasteiger partial charge in [0, 0.05) is 25.7 Å². The molecule has 0 aliphatic carbocycles. The molecule has 0 amide bonds.